The lowest BCUT2D eigenvalue weighted by molar-refractivity contribution is 0.174. The highest BCUT2D eigenvalue weighted by Gasteiger charge is 2.33. The first-order chi connectivity index (χ1) is 11.7. The van der Waals surface area contributed by atoms with Crippen LogP contribution in [0.4, 0.5) is 10.5 Å². The first kappa shape index (κ1) is 14.9. The zero-order valence-corrected chi connectivity index (χ0v) is 13.6. The van der Waals surface area contributed by atoms with Crippen LogP contribution in [0.15, 0.2) is 42.5 Å². The van der Waals surface area contributed by atoms with E-state index >= 15 is 0 Å². The molecule has 4 rings (SSSR count). The van der Waals surface area contributed by atoms with Crippen LogP contribution in [0.3, 0.4) is 0 Å². The fraction of sp³-hybridized carbons (Fsp3) is 0.316. The van der Waals surface area contributed by atoms with Crippen LogP contribution in [0.2, 0.25) is 0 Å². The Morgan fingerprint density at radius 1 is 1.17 bits per heavy atom. The molecule has 0 bridgehead atoms. The number of hydrogen-bond donors (Lipinski definition) is 1. The number of ether oxygens (including phenoxy) is 2. The highest BCUT2D eigenvalue weighted by molar-refractivity contribution is 5.90. The second-order valence-electron chi connectivity index (χ2n) is 6.29. The molecule has 2 aromatic carbocycles. The third-order valence-corrected chi connectivity index (χ3v) is 4.43. The van der Waals surface area contributed by atoms with E-state index in [0.29, 0.717) is 12.6 Å². The molecule has 2 aromatic rings. The lowest BCUT2D eigenvalue weighted by atomic mass is 10.2. The maximum absolute atomic E-state index is 12.7. The van der Waals surface area contributed by atoms with E-state index in [9.17, 15) is 4.79 Å². The van der Waals surface area contributed by atoms with Crippen molar-refractivity contribution in [2.45, 2.75) is 32.4 Å². The molecule has 5 heteroatoms. The number of para-hydroxylation sites is 1. The quantitative estimate of drug-likeness (QED) is 0.927. The van der Waals surface area contributed by atoms with Crippen LogP contribution < -0.4 is 14.8 Å². The fourth-order valence-corrected chi connectivity index (χ4v) is 2.89. The van der Waals surface area contributed by atoms with Gasteiger partial charge in [0.1, 0.15) is 0 Å². The monoisotopic (exact) mass is 324 g/mol. The summed E-state index contributed by atoms with van der Waals surface area (Å²) in [6.45, 7) is 2.83. The van der Waals surface area contributed by atoms with Crippen molar-refractivity contribution in [2.75, 3.05) is 12.1 Å². The molecule has 2 aliphatic rings. The summed E-state index contributed by atoms with van der Waals surface area (Å²) in [7, 11) is 0. The molecular weight excluding hydrogens is 304 g/mol. The number of hydrogen-bond acceptors (Lipinski definition) is 3. The number of rotatable bonds is 4. The third-order valence-electron chi connectivity index (χ3n) is 4.43. The highest BCUT2D eigenvalue weighted by Crippen LogP contribution is 2.34. The minimum absolute atomic E-state index is 0.0514. The van der Waals surface area contributed by atoms with Crippen molar-refractivity contribution in [3.63, 3.8) is 0 Å². The molecule has 0 unspecified atom stereocenters. The Bertz CT molecular complexity index is 771. The van der Waals surface area contributed by atoms with Gasteiger partial charge in [0.2, 0.25) is 6.79 Å². The van der Waals surface area contributed by atoms with Gasteiger partial charge in [-0.1, -0.05) is 24.3 Å². The minimum Gasteiger partial charge on any atom is -0.454 e. The van der Waals surface area contributed by atoms with Crippen molar-refractivity contribution in [3.05, 3.63) is 53.6 Å². The number of amides is 2. The predicted molar refractivity (Wildman–Crippen MR) is 91.3 cm³/mol. The number of aryl methyl sites for hydroxylation is 1. The van der Waals surface area contributed by atoms with Gasteiger partial charge < -0.3 is 19.7 Å². The van der Waals surface area contributed by atoms with Gasteiger partial charge in [-0.15, -0.1) is 0 Å². The summed E-state index contributed by atoms with van der Waals surface area (Å²) in [4.78, 5) is 14.7. The Balaban J connectivity index is 1.50. The zero-order chi connectivity index (χ0) is 16.5. The van der Waals surface area contributed by atoms with Gasteiger partial charge in [0, 0.05) is 18.3 Å². The first-order valence-corrected chi connectivity index (χ1v) is 8.22. The number of benzene rings is 2. The summed E-state index contributed by atoms with van der Waals surface area (Å²) in [6.07, 6.45) is 2.12. The van der Waals surface area contributed by atoms with Crippen molar-refractivity contribution < 1.29 is 14.3 Å². The molecule has 0 atom stereocenters. The Kier molecular flexibility index (Phi) is 3.76. The molecule has 24 heavy (non-hydrogen) atoms. The van der Waals surface area contributed by atoms with Gasteiger partial charge in [-0.25, -0.2) is 4.79 Å². The molecule has 1 aliphatic heterocycles. The SMILES string of the molecule is Cc1ccccc1NC(=O)N(Cc1ccc2c(c1)OCO2)C1CC1. The number of carbonyl (C=O) groups excluding carboxylic acids is 1. The van der Waals surface area contributed by atoms with E-state index in [1.165, 1.54) is 0 Å². The fourth-order valence-electron chi connectivity index (χ4n) is 2.89. The zero-order valence-electron chi connectivity index (χ0n) is 13.6. The molecule has 1 N–H and O–H groups in total. The molecule has 1 aliphatic carbocycles. The van der Waals surface area contributed by atoms with Gasteiger partial charge in [0.05, 0.1) is 0 Å². The summed E-state index contributed by atoms with van der Waals surface area (Å²) in [5, 5.41) is 3.04. The van der Waals surface area contributed by atoms with E-state index in [2.05, 4.69) is 5.32 Å². The van der Waals surface area contributed by atoms with Crippen LogP contribution in [0, 0.1) is 6.92 Å². The first-order valence-electron chi connectivity index (χ1n) is 8.22. The molecule has 1 saturated carbocycles. The number of nitrogens with one attached hydrogen (secondary N) is 1. The maximum Gasteiger partial charge on any atom is 0.322 e. The van der Waals surface area contributed by atoms with E-state index in [1.807, 2.05) is 54.3 Å². The van der Waals surface area contributed by atoms with Crippen molar-refractivity contribution in [2.24, 2.45) is 0 Å². The van der Waals surface area contributed by atoms with Crippen molar-refractivity contribution in [1.82, 2.24) is 4.90 Å². The van der Waals surface area contributed by atoms with Crippen molar-refractivity contribution >= 4 is 11.7 Å². The van der Waals surface area contributed by atoms with Gasteiger partial charge >= 0.3 is 6.03 Å². The smallest absolute Gasteiger partial charge is 0.322 e. The molecule has 1 fully saturated rings. The van der Waals surface area contributed by atoms with Crippen LogP contribution in [-0.2, 0) is 6.54 Å². The van der Waals surface area contributed by atoms with Gasteiger partial charge in [-0.05, 0) is 49.1 Å². The van der Waals surface area contributed by atoms with Crippen LogP contribution >= 0.6 is 0 Å². The molecule has 0 saturated heterocycles. The molecule has 0 spiro atoms. The Hall–Kier alpha value is -2.69. The second-order valence-corrected chi connectivity index (χ2v) is 6.29. The third kappa shape index (κ3) is 3.02. The lowest BCUT2D eigenvalue weighted by Gasteiger charge is -2.23. The number of anilines is 1. The van der Waals surface area contributed by atoms with E-state index < -0.39 is 0 Å². The van der Waals surface area contributed by atoms with Gasteiger partial charge in [-0.3, -0.25) is 0 Å². The Morgan fingerprint density at radius 3 is 2.75 bits per heavy atom. The topological polar surface area (TPSA) is 50.8 Å². The van der Waals surface area contributed by atoms with E-state index in [1.54, 1.807) is 0 Å². The summed E-state index contributed by atoms with van der Waals surface area (Å²) in [5.41, 5.74) is 2.97. The number of urea groups is 1. The molecule has 0 radical (unpaired) electrons. The molecule has 1 heterocycles. The molecule has 124 valence electrons. The maximum atomic E-state index is 12.7. The Morgan fingerprint density at radius 2 is 1.96 bits per heavy atom. The summed E-state index contributed by atoms with van der Waals surface area (Å²) in [5.74, 6) is 1.52. The molecule has 5 nitrogen and oxygen atoms in total. The number of fused-ring (bicyclic) bond motifs is 1. The van der Waals surface area contributed by atoms with Gasteiger partial charge in [0.25, 0.3) is 0 Å². The van der Waals surface area contributed by atoms with Crippen LogP contribution in [0.5, 0.6) is 11.5 Å². The molecule has 0 aromatic heterocycles. The summed E-state index contributed by atoms with van der Waals surface area (Å²) in [6, 6.07) is 13.9. The summed E-state index contributed by atoms with van der Waals surface area (Å²) < 4.78 is 10.8. The largest absolute Gasteiger partial charge is 0.454 e. The average Bonchev–Trinajstić information content (AvgIpc) is 3.31. The van der Waals surface area contributed by atoms with Crippen LogP contribution in [0.25, 0.3) is 0 Å². The van der Waals surface area contributed by atoms with Crippen LogP contribution in [-0.4, -0.2) is 23.8 Å². The van der Waals surface area contributed by atoms with Crippen molar-refractivity contribution in [3.8, 4) is 11.5 Å². The number of carbonyl (C=O) groups is 1. The lowest BCUT2D eigenvalue weighted by Crippen LogP contribution is -2.36. The van der Waals surface area contributed by atoms with E-state index in [0.717, 1.165) is 41.2 Å². The average molecular weight is 324 g/mol. The molecular formula is C19H20N2O3. The van der Waals surface area contributed by atoms with Crippen molar-refractivity contribution in [1.29, 1.82) is 0 Å². The minimum atomic E-state index is -0.0514. The van der Waals surface area contributed by atoms with Crippen LogP contribution in [0.1, 0.15) is 24.0 Å². The Labute approximate surface area is 141 Å². The standard InChI is InChI=1S/C19H20N2O3/c1-13-4-2-3-5-16(13)20-19(22)21(15-7-8-15)11-14-6-9-17-18(10-14)24-12-23-17/h2-6,9-10,15H,7-8,11-12H2,1H3,(H,20,22). The van der Waals surface area contributed by atoms with Gasteiger partial charge in [-0.2, -0.15) is 0 Å². The van der Waals surface area contributed by atoms with Gasteiger partial charge in [0.15, 0.2) is 11.5 Å². The van der Waals surface area contributed by atoms with E-state index in [-0.39, 0.29) is 12.8 Å². The van der Waals surface area contributed by atoms with E-state index in [4.69, 9.17) is 9.47 Å². The number of nitrogens with zero attached hydrogens (tertiary/aromatic N) is 1. The predicted octanol–water partition coefficient (Wildman–Crippen LogP) is 3.92. The highest BCUT2D eigenvalue weighted by atomic mass is 16.7. The normalized spacial score (nSPS) is 15.2. The summed E-state index contributed by atoms with van der Waals surface area (Å²) >= 11 is 0. The second kappa shape index (κ2) is 6.07. The molecule has 2 amide bonds.